The fourth-order valence-electron chi connectivity index (χ4n) is 15.6. The van der Waals surface area contributed by atoms with Crippen LogP contribution >= 0.6 is 27.3 Å². The van der Waals surface area contributed by atoms with Crippen LogP contribution in [0.15, 0.2) is 389 Å². The lowest BCUT2D eigenvalue weighted by molar-refractivity contribution is 0.0940. The quantitative estimate of drug-likeness (QED) is 0.0229. The summed E-state index contributed by atoms with van der Waals surface area (Å²) in [6, 6.07) is 70.4. The highest BCUT2D eigenvalue weighted by Crippen LogP contribution is 2.40. The van der Waals surface area contributed by atoms with Gasteiger partial charge in [-0.15, -0.1) is 11.3 Å². The normalized spacial score (nSPS) is 11.3. The van der Waals surface area contributed by atoms with Crippen molar-refractivity contribution in [2.24, 2.45) is 0 Å². The van der Waals surface area contributed by atoms with Gasteiger partial charge >= 0.3 is 7.12 Å². The SMILES string of the molecule is O=C(NCc1ccc(-c2cn(S(=O)(=O)c3ccccc3)c3ncc(-c4cccnc4)cc23)s1)c1cccn(Cc2ccc(F)c(F)c2)c1=O.O=C(NCc1cccc(-c2c[nH]c3ncc(-c4cccnc4)cc23)c1)c1cccn(Cc2ccc(F)c(F)c2)c1=O.O=C(NCc1cccc(-c2cn(S(=O)(=O)c3ccccc3)c3ncc(Br)cc23)c1)c1cccn(Cc2ccc(F)c(F)c2)c1=O.OB(O)c1cccnc1. The second kappa shape index (κ2) is 43.8. The Morgan fingerprint density at radius 2 is 0.806 bits per heavy atom. The molecule has 20 aromatic rings. The third-order valence-electron chi connectivity index (χ3n) is 22.8. The average molecular weight is 2050 g/mol. The minimum atomic E-state index is -3.98. The highest BCUT2D eigenvalue weighted by molar-refractivity contribution is 9.10. The molecule has 13 heterocycles. The van der Waals surface area contributed by atoms with Gasteiger partial charge in [0.1, 0.15) is 22.3 Å². The largest absolute Gasteiger partial charge is 0.490 e. The van der Waals surface area contributed by atoms with E-state index in [9.17, 15) is 71.9 Å². The maximum absolute atomic E-state index is 13.8. The number of aromatic amines is 1. The standard InChI is InChI=1S/C36H25F2N5O4S2.C33H23BrF2N4O4S.C32H23F2N5O2.C5H6BNO2/c37-31-12-10-23(16-32(31)38)21-42-15-5-9-28(36(42)45)35(44)41-20-26-11-13-33(48-26)30-22-43(49(46,47)27-7-2-1-3-8-27)34-29(30)17-25(19-40-34)24-6-4-14-39-18-24;34-24-16-27-28(20-40(31(27)37-18-24)45(43,44)25-8-2-1-3-9-25)23-7-4-6-21(14-23)17-38-32(41)26-10-5-13-39(33(26)42)19-22-11-12-29(35)30(36)15-22;33-28-9-8-21(13-29(28)34)19-39-11-3-7-25(32(39)41)31(40)38-15-20-4-1-5-22(12-20)27-18-37-30-26(27)14-24(17-36-30)23-6-2-10-35-16-23;8-6(9)5-2-1-3-7-4-5/h1-19,22H,20-21H2,(H,41,44);1-16,18,20H,17,19H2,(H,38,41);1-14,16-18H,15,19H2,(H,36,37)(H,38,40);1-4,8-9H. The van der Waals surface area contributed by atoms with Crippen molar-refractivity contribution in [1.82, 2.24) is 72.5 Å². The fourth-order valence-corrected chi connectivity index (χ4v) is 19.6. The summed E-state index contributed by atoms with van der Waals surface area (Å²) >= 11 is 4.79. The summed E-state index contributed by atoms with van der Waals surface area (Å²) in [5.74, 6) is -7.73. The van der Waals surface area contributed by atoms with E-state index < -0.39 is 96.5 Å². The van der Waals surface area contributed by atoms with Gasteiger partial charge in [-0.25, -0.2) is 66.1 Å². The van der Waals surface area contributed by atoms with Crippen molar-refractivity contribution in [3.8, 4) is 54.9 Å². The minimum Gasteiger partial charge on any atom is -0.423 e. The summed E-state index contributed by atoms with van der Waals surface area (Å²) in [6.07, 6.45) is 24.3. The van der Waals surface area contributed by atoms with Crippen LogP contribution in [0.3, 0.4) is 0 Å². The molecule has 20 rings (SSSR count). The predicted molar refractivity (Wildman–Crippen MR) is 538 cm³/mol. The second-order valence-electron chi connectivity index (χ2n) is 32.4. The van der Waals surface area contributed by atoms with E-state index in [1.54, 1.807) is 122 Å². The lowest BCUT2D eigenvalue weighted by atomic mass is 9.82. The first-order chi connectivity index (χ1) is 69.6. The Kier molecular flexibility index (Phi) is 30.0. The van der Waals surface area contributed by atoms with Crippen molar-refractivity contribution in [2.75, 3.05) is 0 Å². The number of nitrogens with one attached hydrogen (secondary N) is 4. The van der Waals surface area contributed by atoms with Crippen LogP contribution in [-0.4, -0.2) is 108 Å². The van der Waals surface area contributed by atoms with Crippen LogP contribution in [0.2, 0.25) is 0 Å². The number of nitrogens with zero attached hydrogens (tertiary/aromatic N) is 11. The summed E-state index contributed by atoms with van der Waals surface area (Å²) in [7, 11) is -9.33. The molecule has 0 fully saturated rings. The van der Waals surface area contributed by atoms with E-state index in [0.29, 0.717) is 59.7 Å². The van der Waals surface area contributed by atoms with Gasteiger partial charge < -0.3 is 44.7 Å². The number of carbonyl (C=O) groups excluding carboxylic acids is 3. The summed E-state index contributed by atoms with van der Waals surface area (Å²) in [6.45, 7) is 0.287. The molecule has 0 spiro atoms. The van der Waals surface area contributed by atoms with Gasteiger partial charge in [-0.3, -0.25) is 43.7 Å². The Morgan fingerprint density at radius 3 is 1.25 bits per heavy atom. The van der Waals surface area contributed by atoms with Crippen molar-refractivity contribution < 1.29 is 67.6 Å². The van der Waals surface area contributed by atoms with Gasteiger partial charge in [-0.1, -0.05) is 109 Å². The van der Waals surface area contributed by atoms with Crippen molar-refractivity contribution in [2.45, 2.75) is 49.1 Å². The minimum absolute atomic E-state index is 0.00117. The monoisotopic (exact) mass is 2050 g/mol. The molecule has 0 aliphatic heterocycles. The Bertz CT molecular complexity index is 8670. The van der Waals surface area contributed by atoms with Gasteiger partial charge in [-0.05, 0) is 213 Å². The molecule has 0 radical (unpaired) electrons. The van der Waals surface area contributed by atoms with Crippen LogP contribution in [0.25, 0.3) is 88.0 Å². The van der Waals surface area contributed by atoms with E-state index in [0.717, 1.165) is 100 Å². The Labute approximate surface area is 828 Å². The first kappa shape index (κ1) is 98.6. The number of aromatic nitrogens is 12. The number of H-pyrrole nitrogens is 1. The number of pyridine rings is 9. The number of thiophene rings is 1. The summed E-state index contributed by atoms with van der Waals surface area (Å²) in [4.78, 5) is 109. The van der Waals surface area contributed by atoms with Crippen molar-refractivity contribution in [1.29, 1.82) is 0 Å². The number of fused-ring (bicyclic) bond motifs is 3. The van der Waals surface area contributed by atoms with Crippen LogP contribution in [-0.2, 0) is 59.3 Å². The lowest BCUT2D eigenvalue weighted by Crippen LogP contribution is -2.32. The van der Waals surface area contributed by atoms with Crippen molar-refractivity contribution >= 4 is 111 Å². The van der Waals surface area contributed by atoms with Gasteiger partial charge in [0.05, 0.1) is 36.0 Å². The molecule has 13 aromatic heterocycles. The van der Waals surface area contributed by atoms with Crippen LogP contribution in [0.1, 0.15) is 63.8 Å². The molecule has 0 bridgehead atoms. The van der Waals surface area contributed by atoms with Crippen LogP contribution in [0.5, 0.6) is 0 Å². The third kappa shape index (κ3) is 22.5. The smallest absolute Gasteiger partial charge is 0.423 e. The molecule has 38 heteroatoms. The number of hydrogen-bond acceptors (Lipinski definition) is 19. The zero-order valence-corrected chi connectivity index (χ0v) is 79.2. The number of carbonyl (C=O) groups is 3. The zero-order chi connectivity index (χ0) is 101. The van der Waals surface area contributed by atoms with Gasteiger partial charge in [-0.2, -0.15) is 0 Å². The third-order valence-corrected chi connectivity index (χ3v) is 27.7. The summed E-state index contributed by atoms with van der Waals surface area (Å²) in [5, 5.41) is 27.6. The number of rotatable bonds is 25. The summed E-state index contributed by atoms with van der Waals surface area (Å²) in [5.41, 5.74) is 9.80. The average Bonchev–Trinajstić information content (AvgIpc) is 1.60. The number of halogens is 7. The molecule has 0 unspecified atom stereocenters. The van der Waals surface area contributed by atoms with Crippen LogP contribution in [0, 0.1) is 34.9 Å². The molecule has 718 valence electrons. The van der Waals surface area contributed by atoms with Gasteiger partial charge in [0.2, 0.25) is 0 Å². The molecule has 27 nitrogen and oxygen atoms in total. The van der Waals surface area contributed by atoms with Gasteiger partial charge in [0.25, 0.3) is 54.4 Å². The van der Waals surface area contributed by atoms with Gasteiger partial charge in [0.15, 0.2) is 46.2 Å². The van der Waals surface area contributed by atoms with Crippen molar-refractivity contribution in [3.63, 3.8) is 0 Å². The molecule has 0 atom stereocenters. The number of amides is 3. The Hall–Kier alpha value is -17.0. The molecule has 0 saturated carbocycles. The Morgan fingerprint density at radius 1 is 0.382 bits per heavy atom. The molecule has 7 aromatic carbocycles. The highest BCUT2D eigenvalue weighted by atomic mass is 79.9. The molecule has 144 heavy (non-hydrogen) atoms. The maximum Gasteiger partial charge on any atom is 0.490 e. The Balaban J connectivity index is 0.000000142. The van der Waals surface area contributed by atoms with Crippen molar-refractivity contribution in [3.05, 3.63) is 480 Å². The molecule has 3 amide bonds. The van der Waals surface area contributed by atoms with E-state index in [2.05, 4.69) is 72.8 Å². The van der Waals surface area contributed by atoms with Crippen LogP contribution in [0.4, 0.5) is 26.3 Å². The van der Waals surface area contributed by atoms with E-state index >= 15 is 0 Å². The molecule has 6 N–H and O–H groups in total. The first-order valence-electron chi connectivity index (χ1n) is 43.9. The van der Waals surface area contributed by atoms with Gasteiger partial charge in [0, 0.05) is 181 Å². The van der Waals surface area contributed by atoms with Crippen LogP contribution < -0.4 is 38.1 Å². The predicted octanol–water partition coefficient (Wildman–Crippen LogP) is 17.1. The second-order valence-corrected chi connectivity index (χ2v) is 38.1. The van der Waals surface area contributed by atoms with E-state index in [-0.39, 0.29) is 77.0 Å². The molecule has 0 aliphatic rings. The zero-order valence-electron chi connectivity index (χ0n) is 75.2. The molecular weight excluding hydrogens is 1980 g/mol. The lowest BCUT2D eigenvalue weighted by Gasteiger charge is -2.10. The molecular formula is C106H77BBrF6N15O12S3. The molecule has 0 aliphatic carbocycles. The van der Waals surface area contributed by atoms with E-state index in [1.807, 2.05) is 85.1 Å². The number of hydrogen-bond donors (Lipinski definition) is 6. The topological polar surface area (TPSA) is 365 Å². The number of benzene rings is 7. The molecule has 0 saturated heterocycles. The fraction of sp³-hybridized carbons (Fsp3) is 0.0566. The maximum atomic E-state index is 13.8. The van der Waals surface area contributed by atoms with E-state index in [4.69, 9.17) is 10.0 Å². The summed E-state index contributed by atoms with van der Waals surface area (Å²) < 4.78 is 142. The van der Waals surface area contributed by atoms with E-state index in [1.165, 1.54) is 139 Å². The first-order valence-corrected chi connectivity index (χ1v) is 48.4. The highest BCUT2D eigenvalue weighted by Gasteiger charge is 2.28.